The fourth-order valence-electron chi connectivity index (χ4n) is 2.35. The molecule has 0 aliphatic carbocycles. The van der Waals surface area contributed by atoms with E-state index in [1.165, 1.54) is 0 Å². The zero-order valence-electron chi connectivity index (χ0n) is 11.4. The fourth-order valence-corrected chi connectivity index (χ4v) is 2.64. The molecule has 1 aliphatic rings. The number of hydrogen-bond acceptors (Lipinski definition) is 4. The van der Waals surface area contributed by atoms with Crippen LogP contribution in [-0.4, -0.2) is 19.1 Å². The summed E-state index contributed by atoms with van der Waals surface area (Å²) in [6.45, 7) is 2.97. The van der Waals surface area contributed by atoms with Crippen molar-refractivity contribution in [3.63, 3.8) is 0 Å². The van der Waals surface area contributed by atoms with Gasteiger partial charge in [-0.2, -0.15) is 0 Å². The van der Waals surface area contributed by atoms with Gasteiger partial charge in [0.2, 0.25) is 5.91 Å². The van der Waals surface area contributed by atoms with E-state index in [1.54, 1.807) is 6.07 Å². The van der Waals surface area contributed by atoms with Crippen molar-refractivity contribution >= 4 is 17.5 Å². The summed E-state index contributed by atoms with van der Waals surface area (Å²) in [4.78, 5) is 10.9. The van der Waals surface area contributed by atoms with E-state index in [1.807, 2.05) is 13.0 Å². The van der Waals surface area contributed by atoms with E-state index in [0.717, 1.165) is 5.56 Å². The summed E-state index contributed by atoms with van der Waals surface area (Å²) in [5.74, 6) is 1.08. The third-order valence-electron chi connectivity index (χ3n) is 3.27. The summed E-state index contributed by atoms with van der Waals surface area (Å²) >= 11 is 6.24. The van der Waals surface area contributed by atoms with E-state index in [9.17, 15) is 4.79 Å². The molecule has 0 saturated carbocycles. The predicted molar refractivity (Wildman–Crippen MR) is 77.0 cm³/mol. The van der Waals surface area contributed by atoms with Crippen LogP contribution in [0.25, 0.3) is 0 Å². The molecule has 2 atom stereocenters. The summed E-state index contributed by atoms with van der Waals surface area (Å²) in [7, 11) is 0. The maximum absolute atomic E-state index is 10.9. The molecule has 2 rings (SSSR count). The molecule has 20 heavy (non-hydrogen) atoms. The van der Waals surface area contributed by atoms with Gasteiger partial charge in [-0.05, 0) is 24.0 Å². The Hall–Kier alpha value is -1.46. The van der Waals surface area contributed by atoms with Crippen LogP contribution in [0.2, 0.25) is 5.02 Å². The highest BCUT2D eigenvalue weighted by Gasteiger charge is 2.20. The van der Waals surface area contributed by atoms with Gasteiger partial charge in [-0.25, -0.2) is 0 Å². The first-order valence-corrected chi connectivity index (χ1v) is 6.98. The highest BCUT2D eigenvalue weighted by atomic mass is 35.5. The molecule has 0 bridgehead atoms. The number of ether oxygens (including phenoxy) is 2. The summed E-state index contributed by atoms with van der Waals surface area (Å²) in [5, 5.41) is 0.549. The standard InChI is InChI=1S/C14H19ClN2O3/c1-8(5-14(17)18)4-11(16)9-6-12-13(7-10(9)15)20-3-2-19-12/h6-8,11H,2-5,16H2,1H3,(H2,17,18). The molecule has 1 aliphatic heterocycles. The van der Waals surface area contributed by atoms with Crippen LogP contribution in [0.15, 0.2) is 12.1 Å². The normalized spacial score (nSPS) is 16.6. The van der Waals surface area contributed by atoms with Gasteiger partial charge in [-0.3, -0.25) is 4.79 Å². The fraction of sp³-hybridized carbons (Fsp3) is 0.500. The third-order valence-corrected chi connectivity index (χ3v) is 3.59. The second-order valence-electron chi connectivity index (χ2n) is 5.14. The van der Waals surface area contributed by atoms with Gasteiger partial charge in [0, 0.05) is 23.6 Å². The smallest absolute Gasteiger partial charge is 0.217 e. The zero-order valence-corrected chi connectivity index (χ0v) is 12.2. The van der Waals surface area contributed by atoms with Gasteiger partial charge in [0.05, 0.1) is 0 Å². The molecule has 1 amide bonds. The zero-order chi connectivity index (χ0) is 14.7. The Morgan fingerprint density at radius 2 is 1.95 bits per heavy atom. The molecule has 0 radical (unpaired) electrons. The van der Waals surface area contributed by atoms with Gasteiger partial charge >= 0.3 is 0 Å². The Morgan fingerprint density at radius 3 is 2.55 bits per heavy atom. The minimum Gasteiger partial charge on any atom is -0.486 e. The summed E-state index contributed by atoms with van der Waals surface area (Å²) in [5.41, 5.74) is 12.2. The van der Waals surface area contributed by atoms with E-state index in [-0.39, 0.29) is 17.9 Å². The number of carbonyl (C=O) groups excluding carboxylic acids is 1. The van der Waals surface area contributed by atoms with Crippen molar-refractivity contribution in [2.45, 2.75) is 25.8 Å². The van der Waals surface area contributed by atoms with Crippen LogP contribution >= 0.6 is 11.6 Å². The molecule has 1 heterocycles. The largest absolute Gasteiger partial charge is 0.486 e. The average Bonchev–Trinajstić information content (AvgIpc) is 2.36. The maximum atomic E-state index is 10.9. The maximum Gasteiger partial charge on any atom is 0.217 e. The molecule has 2 unspecified atom stereocenters. The van der Waals surface area contributed by atoms with E-state index in [4.69, 9.17) is 32.5 Å². The van der Waals surface area contributed by atoms with Crippen molar-refractivity contribution in [2.24, 2.45) is 17.4 Å². The first-order valence-electron chi connectivity index (χ1n) is 6.60. The molecule has 1 aromatic carbocycles. The first-order chi connectivity index (χ1) is 9.47. The van der Waals surface area contributed by atoms with Crippen molar-refractivity contribution in [3.05, 3.63) is 22.7 Å². The molecule has 1 aromatic rings. The van der Waals surface area contributed by atoms with Crippen LogP contribution in [0.4, 0.5) is 0 Å². The molecule has 110 valence electrons. The minimum absolute atomic E-state index is 0.103. The third kappa shape index (κ3) is 3.55. The number of hydrogen-bond donors (Lipinski definition) is 2. The number of carbonyl (C=O) groups is 1. The summed E-state index contributed by atoms with van der Waals surface area (Å²) in [6.07, 6.45) is 0.943. The lowest BCUT2D eigenvalue weighted by molar-refractivity contribution is -0.118. The lowest BCUT2D eigenvalue weighted by Gasteiger charge is -2.23. The van der Waals surface area contributed by atoms with Gasteiger partial charge in [0.25, 0.3) is 0 Å². The van der Waals surface area contributed by atoms with E-state index in [0.29, 0.717) is 42.6 Å². The Kier molecular flexibility index (Phi) is 4.73. The van der Waals surface area contributed by atoms with Crippen LogP contribution in [-0.2, 0) is 4.79 Å². The molecule has 0 saturated heterocycles. The molecular formula is C14H19ClN2O3. The number of halogens is 1. The first kappa shape index (κ1) is 14.9. The van der Waals surface area contributed by atoms with E-state index < -0.39 is 0 Å². The Bertz CT molecular complexity index is 507. The SMILES string of the molecule is CC(CC(N)=O)CC(N)c1cc2c(cc1Cl)OCCO2. The van der Waals surface area contributed by atoms with Crippen molar-refractivity contribution < 1.29 is 14.3 Å². The lowest BCUT2D eigenvalue weighted by atomic mass is 9.94. The van der Waals surface area contributed by atoms with Gasteiger partial charge in [-0.15, -0.1) is 0 Å². The quantitative estimate of drug-likeness (QED) is 0.870. The predicted octanol–water partition coefficient (Wildman–Crippen LogP) is 2.01. The van der Waals surface area contributed by atoms with Crippen LogP contribution in [0.3, 0.4) is 0 Å². The van der Waals surface area contributed by atoms with Gasteiger partial charge in [0.15, 0.2) is 11.5 Å². The molecule has 6 heteroatoms. The number of rotatable bonds is 5. The lowest BCUT2D eigenvalue weighted by Crippen LogP contribution is -2.20. The number of nitrogens with two attached hydrogens (primary N) is 2. The van der Waals surface area contributed by atoms with Crippen LogP contribution < -0.4 is 20.9 Å². The van der Waals surface area contributed by atoms with Gasteiger partial charge in [-0.1, -0.05) is 18.5 Å². The second-order valence-corrected chi connectivity index (χ2v) is 5.54. The Balaban J connectivity index is 2.13. The Morgan fingerprint density at radius 1 is 1.35 bits per heavy atom. The Labute approximate surface area is 123 Å². The van der Waals surface area contributed by atoms with Crippen molar-refractivity contribution in [2.75, 3.05) is 13.2 Å². The van der Waals surface area contributed by atoms with Crippen LogP contribution in [0, 0.1) is 5.92 Å². The van der Waals surface area contributed by atoms with E-state index >= 15 is 0 Å². The van der Waals surface area contributed by atoms with Crippen molar-refractivity contribution in [1.82, 2.24) is 0 Å². The second kappa shape index (κ2) is 6.33. The number of benzene rings is 1. The molecule has 0 fully saturated rings. The molecular weight excluding hydrogens is 280 g/mol. The highest BCUT2D eigenvalue weighted by Crippen LogP contribution is 2.38. The van der Waals surface area contributed by atoms with Crippen LogP contribution in [0.5, 0.6) is 11.5 Å². The van der Waals surface area contributed by atoms with Crippen molar-refractivity contribution in [1.29, 1.82) is 0 Å². The number of amides is 1. The summed E-state index contributed by atoms with van der Waals surface area (Å²) in [6, 6.07) is 3.27. The van der Waals surface area contributed by atoms with Gasteiger partial charge < -0.3 is 20.9 Å². The monoisotopic (exact) mass is 298 g/mol. The molecule has 4 N–H and O–H groups in total. The van der Waals surface area contributed by atoms with Crippen LogP contribution in [0.1, 0.15) is 31.4 Å². The van der Waals surface area contributed by atoms with E-state index in [2.05, 4.69) is 0 Å². The molecule has 5 nitrogen and oxygen atoms in total. The number of primary amides is 1. The van der Waals surface area contributed by atoms with Gasteiger partial charge in [0.1, 0.15) is 13.2 Å². The van der Waals surface area contributed by atoms with Crippen molar-refractivity contribution in [3.8, 4) is 11.5 Å². The highest BCUT2D eigenvalue weighted by molar-refractivity contribution is 6.31. The molecule has 0 spiro atoms. The topological polar surface area (TPSA) is 87.6 Å². The summed E-state index contributed by atoms with van der Waals surface area (Å²) < 4.78 is 11.0. The minimum atomic E-state index is -0.321. The number of fused-ring (bicyclic) bond motifs is 1. The molecule has 0 aromatic heterocycles. The average molecular weight is 299 g/mol.